The Balaban J connectivity index is 2.05. The van der Waals surface area contributed by atoms with Crippen molar-refractivity contribution in [2.75, 3.05) is 13.1 Å². The van der Waals surface area contributed by atoms with Gasteiger partial charge in [0.1, 0.15) is 5.60 Å². The molecule has 2 heterocycles. The predicted molar refractivity (Wildman–Crippen MR) is 86.0 cm³/mol. The van der Waals surface area contributed by atoms with E-state index in [0.29, 0.717) is 18.7 Å². The van der Waals surface area contributed by atoms with Crippen molar-refractivity contribution in [3.63, 3.8) is 0 Å². The quantitative estimate of drug-likeness (QED) is 0.927. The normalized spacial score (nSPS) is 15.1. The second kappa shape index (κ2) is 6.81. The number of carboxylic acids is 1. The molecule has 0 unspecified atom stereocenters. The van der Waals surface area contributed by atoms with Crippen molar-refractivity contribution in [1.29, 1.82) is 0 Å². The van der Waals surface area contributed by atoms with Gasteiger partial charge in [-0.25, -0.2) is 4.79 Å². The predicted octanol–water partition coefficient (Wildman–Crippen LogP) is 2.73. The van der Waals surface area contributed by atoms with Gasteiger partial charge < -0.3 is 14.7 Å². The zero-order valence-corrected chi connectivity index (χ0v) is 13.7. The van der Waals surface area contributed by atoms with E-state index in [1.807, 2.05) is 20.8 Å². The van der Waals surface area contributed by atoms with Gasteiger partial charge in [-0.2, -0.15) is 0 Å². The maximum Gasteiger partial charge on any atom is 0.410 e. The highest BCUT2D eigenvalue weighted by Gasteiger charge is 2.25. The van der Waals surface area contributed by atoms with Gasteiger partial charge in [-0.3, -0.25) is 9.78 Å². The number of rotatable bonds is 3. The summed E-state index contributed by atoms with van der Waals surface area (Å²) in [4.78, 5) is 28.8. The molecule has 0 aromatic carbocycles. The van der Waals surface area contributed by atoms with E-state index in [1.54, 1.807) is 23.2 Å². The van der Waals surface area contributed by atoms with Crippen molar-refractivity contribution in [2.45, 2.75) is 39.2 Å². The number of aliphatic carboxylic acids is 1. The molecule has 0 atom stereocenters. The second-order valence-corrected chi connectivity index (χ2v) is 6.54. The maximum atomic E-state index is 12.2. The topological polar surface area (TPSA) is 79.7 Å². The molecule has 1 aromatic heterocycles. The number of carbonyl (C=O) groups is 2. The van der Waals surface area contributed by atoms with Crippen molar-refractivity contribution >= 4 is 17.6 Å². The molecule has 0 aliphatic carbocycles. The third-order valence-electron chi connectivity index (χ3n) is 3.31. The van der Waals surface area contributed by atoms with E-state index in [1.165, 1.54) is 0 Å². The van der Waals surface area contributed by atoms with Crippen LogP contribution in [-0.2, 0) is 16.0 Å². The molecule has 23 heavy (non-hydrogen) atoms. The van der Waals surface area contributed by atoms with Crippen LogP contribution in [0.15, 0.2) is 24.4 Å². The van der Waals surface area contributed by atoms with Crippen molar-refractivity contribution < 1.29 is 19.4 Å². The third kappa shape index (κ3) is 5.09. The number of nitrogens with zero attached hydrogens (tertiary/aromatic N) is 2. The van der Waals surface area contributed by atoms with Gasteiger partial charge in [-0.15, -0.1) is 0 Å². The van der Waals surface area contributed by atoms with Gasteiger partial charge in [-0.05, 0) is 44.4 Å². The zero-order chi connectivity index (χ0) is 17.0. The Bertz CT molecular complexity index is 614. The van der Waals surface area contributed by atoms with Crippen LogP contribution >= 0.6 is 0 Å². The number of hydrogen-bond acceptors (Lipinski definition) is 4. The summed E-state index contributed by atoms with van der Waals surface area (Å²) < 4.78 is 5.40. The zero-order valence-electron chi connectivity index (χ0n) is 13.7. The fourth-order valence-electron chi connectivity index (χ4n) is 2.31. The first kappa shape index (κ1) is 17.0. The van der Waals surface area contributed by atoms with E-state index in [9.17, 15) is 9.59 Å². The van der Waals surface area contributed by atoms with Crippen LogP contribution < -0.4 is 0 Å². The van der Waals surface area contributed by atoms with E-state index >= 15 is 0 Å². The number of carboxylic acid groups (broad SMARTS) is 1. The van der Waals surface area contributed by atoms with Crippen molar-refractivity contribution in [3.05, 3.63) is 35.7 Å². The molecule has 1 aliphatic heterocycles. The molecule has 6 heteroatoms. The first-order valence-electron chi connectivity index (χ1n) is 7.58. The van der Waals surface area contributed by atoms with Gasteiger partial charge in [0.05, 0.1) is 18.7 Å². The second-order valence-electron chi connectivity index (χ2n) is 6.54. The summed E-state index contributed by atoms with van der Waals surface area (Å²) >= 11 is 0. The molecule has 2 rings (SSSR count). The van der Waals surface area contributed by atoms with Crippen LogP contribution in [0, 0.1) is 0 Å². The Morgan fingerprint density at radius 3 is 2.65 bits per heavy atom. The minimum absolute atomic E-state index is 0.0453. The van der Waals surface area contributed by atoms with Crippen LogP contribution in [0.5, 0.6) is 0 Å². The lowest BCUT2D eigenvalue weighted by atomic mass is 10.1. The van der Waals surface area contributed by atoms with E-state index < -0.39 is 11.6 Å². The van der Waals surface area contributed by atoms with Crippen LogP contribution in [0.1, 0.15) is 38.4 Å². The lowest BCUT2D eigenvalue weighted by Gasteiger charge is -2.30. The monoisotopic (exact) mass is 318 g/mol. The average Bonchev–Trinajstić information content (AvgIpc) is 2.46. The number of aromatic nitrogens is 1. The highest BCUT2D eigenvalue weighted by Crippen LogP contribution is 2.21. The van der Waals surface area contributed by atoms with E-state index in [0.717, 1.165) is 17.7 Å². The minimum atomic E-state index is -0.882. The molecule has 0 bridgehead atoms. The van der Waals surface area contributed by atoms with Crippen LogP contribution in [-0.4, -0.2) is 45.7 Å². The summed E-state index contributed by atoms with van der Waals surface area (Å²) in [7, 11) is 0. The van der Waals surface area contributed by atoms with Crippen molar-refractivity contribution in [3.8, 4) is 0 Å². The third-order valence-corrected chi connectivity index (χ3v) is 3.31. The molecule has 0 fully saturated rings. The molecule has 6 nitrogen and oxygen atoms in total. The summed E-state index contributed by atoms with van der Waals surface area (Å²) in [6, 6.07) is 3.55. The number of pyridine rings is 1. The Kier molecular flexibility index (Phi) is 5.03. The lowest BCUT2D eigenvalue weighted by Crippen LogP contribution is -2.39. The molecule has 1 amide bonds. The van der Waals surface area contributed by atoms with Crippen molar-refractivity contribution in [2.24, 2.45) is 0 Å². The van der Waals surface area contributed by atoms with Gasteiger partial charge in [-0.1, -0.05) is 12.1 Å². The molecule has 0 saturated carbocycles. The van der Waals surface area contributed by atoms with E-state index in [2.05, 4.69) is 11.1 Å². The smallest absolute Gasteiger partial charge is 0.410 e. The summed E-state index contributed by atoms with van der Waals surface area (Å²) in [5, 5.41) is 8.78. The Morgan fingerprint density at radius 2 is 2.09 bits per heavy atom. The lowest BCUT2D eigenvalue weighted by molar-refractivity contribution is -0.136. The van der Waals surface area contributed by atoms with Gasteiger partial charge in [0.25, 0.3) is 0 Å². The highest BCUT2D eigenvalue weighted by molar-refractivity contribution is 5.74. The minimum Gasteiger partial charge on any atom is -0.481 e. The molecule has 124 valence electrons. The van der Waals surface area contributed by atoms with Crippen LogP contribution in [0.25, 0.3) is 5.57 Å². The summed E-state index contributed by atoms with van der Waals surface area (Å²) in [5.41, 5.74) is 1.84. The molecular weight excluding hydrogens is 296 g/mol. The molecule has 1 aliphatic rings. The first-order valence-corrected chi connectivity index (χ1v) is 7.58. The number of ether oxygens (including phenoxy) is 1. The van der Waals surface area contributed by atoms with E-state index in [4.69, 9.17) is 9.84 Å². The first-order chi connectivity index (χ1) is 10.7. The molecule has 1 N–H and O–H groups in total. The van der Waals surface area contributed by atoms with Gasteiger partial charge in [0.15, 0.2) is 0 Å². The largest absolute Gasteiger partial charge is 0.481 e. The Labute approximate surface area is 135 Å². The fourth-order valence-corrected chi connectivity index (χ4v) is 2.31. The summed E-state index contributed by atoms with van der Waals surface area (Å²) in [5.74, 6) is -0.882. The molecular formula is C17H22N2O4. The Hall–Kier alpha value is -2.37. The van der Waals surface area contributed by atoms with Gasteiger partial charge in [0.2, 0.25) is 0 Å². The SMILES string of the molecule is CC(C)(C)OC(=O)N1CCC=C(c2ccc(CC(=O)O)cn2)C1. The molecule has 0 spiro atoms. The number of amides is 1. The molecule has 0 radical (unpaired) electrons. The van der Waals surface area contributed by atoms with Crippen LogP contribution in [0.3, 0.4) is 0 Å². The number of carbonyl (C=O) groups excluding carboxylic acids is 1. The fraction of sp³-hybridized carbons (Fsp3) is 0.471. The Morgan fingerprint density at radius 1 is 1.35 bits per heavy atom. The molecule has 1 aromatic rings. The van der Waals surface area contributed by atoms with Gasteiger partial charge in [0, 0.05) is 12.7 Å². The standard InChI is InChI=1S/C17H22N2O4/c1-17(2,3)23-16(22)19-8-4-5-13(11-19)14-7-6-12(10-18-14)9-15(20)21/h5-7,10H,4,8-9,11H2,1-3H3,(H,20,21). The maximum absolute atomic E-state index is 12.2. The molecule has 0 saturated heterocycles. The van der Waals surface area contributed by atoms with E-state index in [-0.39, 0.29) is 12.5 Å². The summed E-state index contributed by atoms with van der Waals surface area (Å²) in [6.45, 7) is 6.59. The number of hydrogen-bond donors (Lipinski definition) is 1. The van der Waals surface area contributed by atoms with Crippen LogP contribution in [0.4, 0.5) is 4.79 Å². The van der Waals surface area contributed by atoms with Crippen molar-refractivity contribution in [1.82, 2.24) is 9.88 Å². The van der Waals surface area contributed by atoms with Crippen LogP contribution in [0.2, 0.25) is 0 Å². The summed E-state index contributed by atoms with van der Waals surface area (Å²) in [6.07, 6.45) is 3.99. The highest BCUT2D eigenvalue weighted by atomic mass is 16.6. The average molecular weight is 318 g/mol. The van der Waals surface area contributed by atoms with Gasteiger partial charge >= 0.3 is 12.1 Å².